The first-order chi connectivity index (χ1) is 8.62. The summed E-state index contributed by atoms with van der Waals surface area (Å²) >= 11 is 1.09. The monoisotopic (exact) mass is 306 g/mol. The van der Waals surface area contributed by atoms with Crippen LogP contribution in [0.4, 0.5) is 10.8 Å². The Bertz CT molecular complexity index is 523. The molecule has 1 aromatic heterocycles. The fraction of sp³-hybridized carbons (Fsp3) is 0.727. The van der Waals surface area contributed by atoms with Crippen molar-refractivity contribution in [2.45, 2.75) is 24.8 Å². The highest BCUT2D eigenvalue weighted by atomic mass is 32.2. The van der Waals surface area contributed by atoms with Gasteiger partial charge in [-0.2, -0.15) is 4.37 Å². The zero-order chi connectivity index (χ0) is 14.8. The molecule has 1 unspecified atom stereocenters. The summed E-state index contributed by atoms with van der Waals surface area (Å²) in [6.07, 6.45) is 1.15. The highest BCUT2D eigenvalue weighted by Crippen LogP contribution is 2.32. The van der Waals surface area contributed by atoms with Gasteiger partial charge in [-0.05, 0) is 31.5 Å². The number of likely N-dealkylation sites (N-methyl/N-ethyl adjacent to an activating group) is 1. The molecule has 1 aromatic rings. The summed E-state index contributed by atoms with van der Waals surface area (Å²) in [5, 5.41) is 3.79. The zero-order valence-electron chi connectivity index (χ0n) is 12.0. The first-order valence-electron chi connectivity index (χ1n) is 5.99. The van der Waals surface area contributed by atoms with Crippen LogP contribution in [0.25, 0.3) is 0 Å². The average Bonchev–Trinajstić information content (AvgIpc) is 2.57. The molecule has 0 spiro atoms. The summed E-state index contributed by atoms with van der Waals surface area (Å²) < 4.78 is 27.4. The third-order valence-electron chi connectivity index (χ3n) is 2.73. The van der Waals surface area contributed by atoms with Crippen LogP contribution in [0.5, 0.6) is 0 Å². The Morgan fingerprint density at radius 3 is 2.42 bits per heavy atom. The molecule has 1 rings (SSSR count). The summed E-state index contributed by atoms with van der Waals surface area (Å²) in [6, 6.07) is 0.135. The number of hydrogen-bond donors (Lipinski definition) is 2. The predicted octanol–water partition coefficient (Wildman–Crippen LogP) is 1.13. The summed E-state index contributed by atoms with van der Waals surface area (Å²) in [4.78, 5) is 2.17. The van der Waals surface area contributed by atoms with Gasteiger partial charge in [-0.15, -0.1) is 0 Å². The first kappa shape index (κ1) is 16.2. The van der Waals surface area contributed by atoms with E-state index in [1.165, 1.54) is 0 Å². The summed E-state index contributed by atoms with van der Waals surface area (Å²) in [7, 11) is 0.590. The second-order valence-electron chi connectivity index (χ2n) is 5.26. The SMILES string of the molecule is CC(C)C(CN(C)C)Nc1snc(N)c1S(C)(=O)=O. The summed E-state index contributed by atoms with van der Waals surface area (Å²) in [5.74, 6) is 0.431. The van der Waals surface area contributed by atoms with Gasteiger partial charge in [0, 0.05) is 18.8 Å². The van der Waals surface area contributed by atoms with Crippen LogP contribution in [0.2, 0.25) is 0 Å². The molecular formula is C11H22N4O2S2. The van der Waals surface area contributed by atoms with Gasteiger partial charge in [0.25, 0.3) is 0 Å². The standard InChI is InChI=1S/C11H22N4O2S2/c1-7(2)8(6-15(3)4)13-11-9(19(5,16)17)10(12)14-18-11/h7-8,13H,6H2,1-5H3,(H2,12,14). The number of rotatable bonds is 6. The van der Waals surface area contributed by atoms with Crippen LogP contribution < -0.4 is 11.1 Å². The molecule has 8 heteroatoms. The van der Waals surface area contributed by atoms with E-state index in [-0.39, 0.29) is 16.8 Å². The maximum absolute atomic E-state index is 11.7. The molecular weight excluding hydrogens is 284 g/mol. The molecule has 0 aromatic carbocycles. The first-order valence-corrected chi connectivity index (χ1v) is 8.66. The van der Waals surface area contributed by atoms with Gasteiger partial charge in [0.15, 0.2) is 15.7 Å². The number of nitrogens with one attached hydrogen (secondary N) is 1. The van der Waals surface area contributed by atoms with Crippen molar-refractivity contribution in [3.8, 4) is 0 Å². The number of nitrogens with two attached hydrogens (primary N) is 1. The van der Waals surface area contributed by atoms with Gasteiger partial charge >= 0.3 is 0 Å². The molecule has 1 atom stereocenters. The molecule has 0 fully saturated rings. The molecule has 0 aliphatic carbocycles. The number of sulfone groups is 1. The molecule has 0 aliphatic heterocycles. The summed E-state index contributed by atoms with van der Waals surface area (Å²) in [5.41, 5.74) is 5.65. The van der Waals surface area contributed by atoms with Crippen LogP contribution in [0.1, 0.15) is 13.8 Å². The van der Waals surface area contributed by atoms with Crippen LogP contribution in [0, 0.1) is 5.92 Å². The lowest BCUT2D eigenvalue weighted by Gasteiger charge is -2.26. The lowest BCUT2D eigenvalue weighted by Crippen LogP contribution is -2.36. The third-order valence-corrected chi connectivity index (χ3v) is 4.80. The molecule has 110 valence electrons. The van der Waals surface area contributed by atoms with E-state index in [1.807, 2.05) is 14.1 Å². The minimum absolute atomic E-state index is 0.0716. The molecule has 0 radical (unpaired) electrons. The van der Waals surface area contributed by atoms with Crippen LogP contribution >= 0.6 is 11.5 Å². The van der Waals surface area contributed by atoms with Gasteiger partial charge in [0.1, 0.15) is 9.90 Å². The van der Waals surface area contributed by atoms with Crippen LogP contribution in [-0.4, -0.2) is 50.6 Å². The normalized spacial score (nSPS) is 14.1. The largest absolute Gasteiger partial charge is 0.382 e. The average molecular weight is 306 g/mol. The number of nitrogens with zero attached hydrogens (tertiary/aromatic N) is 2. The number of nitrogen functional groups attached to an aromatic ring is 1. The highest BCUT2D eigenvalue weighted by Gasteiger charge is 2.24. The molecule has 6 nitrogen and oxygen atoms in total. The van der Waals surface area contributed by atoms with E-state index in [9.17, 15) is 8.42 Å². The van der Waals surface area contributed by atoms with Gasteiger partial charge < -0.3 is 16.0 Å². The van der Waals surface area contributed by atoms with E-state index >= 15 is 0 Å². The molecule has 1 heterocycles. The Balaban J connectivity index is 3.04. The van der Waals surface area contributed by atoms with Gasteiger partial charge in [0.05, 0.1) is 0 Å². The Morgan fingerprint density at radius 2 is 2.00 bits per heavy atom. The minimum atomic E-state index is -3.37. The van der Waals surface area contributed by atoms with Crippen molar-refractivity contribution in [3.63, 3.8) is 0 Å². The van der Waals surface area contributed by atoms with Crippen molar-refractivity contribution in [1.29, 1.82) is 0 Å². The Labute approximate surface area is 119 Å². The van der Waals surface area contributed by atoms with E-state index in [4.69, 9.17) is 5.73 Å². The van der Waals surface area contributed by atoms with Gasteiger partial charge in [-0.25, -0.2) is 8.42 Å². The molecule has 19 heavy (non-hydrogen) atoms. The van der Waals surface area contributed by atoms with E-state index in [0.717, 1.165) is 24.3 Å². The van der Waals surface area contributed by atoms with E-state index in [0.29, 0.717) is 10.9 Å². The maximum atomic E-state index is 11.7. The lowest BCUT2D eigenvalue weighted by molar-refractivity contribution is 0.344. The van der Waals surface area contributed by atoms with Gasteiger partial charge in [-0.3, -0.25) is 0 Å². The van der Waals surface area contributed by atoms with Gasteiger partial charge in [-0.1, -0.05) is 13.8 Å². The highest BCUT2D eigenvalue weighted by molar-refractivity contribution is 7.91. The van der Waals surface area contributed by atoms with Crippen LogP contribution in [0.15, 0.2) is 4.90 Å². The van der Waals surface area contributed by atoms with Crippen LogP contribution in [0.3, 0.4) is 0 Å². The fourth-order valence-corrected chi connectivity index (χ4v) is 3.85. The maximum Gasteiger partial charge on any atom is 0.182 e. The number of hydrogen-bond acceptors (Lipinski definition) is 7. The Morgan fingerprint density at radius 1 is 1.42 bits per heavy atom. The third kappa shape index (κ3) is 4.32. The predicted molar refractivity (Wildman–Crippen MR) is 80.4 cm³/mol. The minimum Gasteiger partial charge on any atom is -0.382 e. The van der Waals surface area contributed by atoms with E-state index in [1.54, 1.807) is 0 Å². The van der Waals surface area contributed by atoms with Crippen molar-refractivity contribution < 1.29 is 8.42 Å². The van der Waals surface area contributed by atoms with Crippen molar-refractivity contribution >= 4 is 32.2 Å². The smallest absolute Gasteiger partial charge is 0.182 e. The molecule has 3 N–H and O–H groups in total. The topological polar surface area (TPSA) is 88.3 Å². The lowest BCUT2D eigenvalue weighted by atomic mass is 10.0. The Kier molecular flexibility index (Phi) is 5.17. The second kappa shape index (κ2) is 6.06. The van der Waals surface area contributed by atoms with E-state index < -0.39 is 9.84 Å². The number of aromatic nitrogens is 1. The van der Waals surface area contributed by atoms with Crippen molar-refractivity contribution in [2.75, 3.05) is 37.9 Å². The zero-order valence-corrected chi connectivity index (χ0v) is 13.6. The Hall–Kier alpha value is -0.860. The van der Waals surface area contributed by atoms with Crippen molar-refractivity contribution in [3.05, 3.63) is 0 Å². The molecule has 0 amide bonds. The van der Waals surface area contributed by atoms with Crippen molar-refractivity contribution in [2.24, 2.45) is 5.92 Å². The summed E-state index contributed by atoms with van der Waals surface area (Å²) in [6.45, 7) is 4.98. The van der Waals surface area contributed by atoms with Crippen molar-refractivity contribution in [1.82, 2.24) is 9.27 Å². The molecule has 0 saturated heterocycles. The molecule has 0 bridgehead atoms. The fourth-order valence-electron chi connectivity index (χ4n) is 1.73. The second-order valence-corrected chi connectivity index (χ2v) is 7.98. The number of anilines is 2. The van der Waals surface area contributed by atoms with E-state index in [2.05, 4.69) is 28.4 Å². The van der Waals surface area contributed by atoms with Crippen LogP contribution in [-0.2, 0) is 9.84 Å². The molecule has 0 aliphatic rings. The van der Waals surface area contributed by atoms with Gasteiger partial charge in [0.2, 0.25) is 0 Å². The quantitative estimate of drug-likeness (QED) is 0.819. The molecule has 0 saturated carbocycles.